The van der Waals surface area contributed by atoms with Gasteiger partial charge in [-0.3, -0.25) is 0 Å². The molecule has 19 heavy (non-hydrogen) atoms. The maximum absolute atomic E-state index is 13.4. The summed E-state index contributed by atoms with van der Waals surface area (Å²) in [5.74, 6) is 0.513. The number of hydrogen-bond acceptors (Lipinski definition) is 3. The van der Waals surface area contributed by atoms with Crippen molar-refractivity contribution in [2.24, 2.45) is 0 Å². The van der Waals surface area contributed by atoms with Crippen LogP contribution in [0, 0.1) is 17.1 Å². The van der Waals surface area contributed by atoms with Gasteiger partial charge in [-0.25, -0.2) is 4.39 Å². The minimum atomic E-state index is -0.583. The second-order valence-electron chi connectivity index (χ2n) is 3.85. The molecule has 0 unspecified atom stereocenters. The first-order valence-electron chi connectivity index (χ1n) is 5.69. The van der Waals surface area contributed by atoms with E-state index in [4.69, 9.17) is 14.7 Å². The van der Waals surface area contributed by atoms with Gasteiger partial charge in [0.2, 0.25) is 0 Å². The number of benzene rings is 2. The molecule has 0 bridgehead atoms. The number of ether oxygens (including phenoxy) is 2. The Bertz CT molecular complexity index is 620. The van der Waals surface area contributed by atoms with E-state index in [2.05, 4.69) is 0 Å². The number of nitriles is 1. The average molecular weight is 257 g/mol. The van der Waals surface area contributed by atoms with Gasteiger partial charge in [0.1, 0.15) is 30.0 Å². The highest BCUT2D eigenvalue weighted by Crippen LogP contribution is 2.21. The fourth-order valence-electron chi connectivity index (χ4n) is 1.66. The summed E-state index contributed by atoms with van der Waals surface area (Å²) < 4.78 is 24.1. The van der Waals surface area contributed by atoms with Crippen molar-refractivity contribution >= 4 is 0 Å². The van der Waals surface area contributed by atoms with Crippen molar-refractivity contribution < 1.29 is 13.9 Å². The van der Waals surface area contributed by atoms with Crippen molar-refractivity contribution in [2.75, 3.05) is 7.11 Å². The number of nitrogens with zero attached hydrogens (tertiary/aromatic N) is 1. The molecule has 0 aromatic heterocycles. The van der Waals surface area contributed by atoms with Crippen molar-refractivity contribution in [3.8, 4) is 17.6 Å². The van der Waals surface area contributed by atoms with Crippen LogP contribution >= 0.6 is 0 Å². The van der Waals surface area contributed by atoms with E-state index >= 15 is 0 Å². The van der Waals surface area contributed by atoms with Gasteiger partial charge in [-0.2, -0.15) is 5.26 Å². The molecule has 0 amide bonds. The molecule has 0 aliphatic heterocycles. The highest BCUT2D eigenvalue weighted by Gasteiger charge is 2.05. The molecule has 2 aromatic rings. The third kappa shape index (κ3) is 3.02. The Kier molecular flexibility index (Phi) is 3.99. The predicted octanol–water partition coefficient (Wildman–Crippen LogP) is 3.28. The Morgan fingerprint density at radius 1 is 1.21 bits per heavy atom. The summed E-state index contributed by atoms with van der Waals surface area (Å²) in [5.41, 5.74) is 0.874. The van der Waals surface area contributed by atoms with E-state index in [9.17, 15) is 4.39 Å². The molecule has 3 nitrogen and oxygen atoms in total. The second-order valence-corrected chi connectivity index (χ2v) is 3.85. The highest BCUT2D eigenvalue weighted by molar-refractivity contribution is 5.37. The van der Waals surface area contributed by atoms with Gasteiger partial charge < -0.3 is 9.47 Å². The van der Waals surface area contributed by atoms with Crippen LogP contribution in [0.3, 0.4) is 0 Å². The first kappa shape index (κ1) is 12.9. The zero-order chi connectivity index (χ0) is 13.7. The highest BCUT2D eigenvalue weighted by atomic mass is 19.1. The molecule has 0 spiro atoms. The molecule has 0 aliphatic carbocycles. The van der Waals surface area contributed by atoms with Gasteiger partial charge in [-0.05, 0) is 18.2 Å². The molecule has 0 radical (unpaired) electrons. The van der Waals surface area contributed by atoms with E-state index < -0.39 is 5.82 Å². The standard InChI is InChI=1S/C15H12FNO2/c1-18-15-5-3-2-4-12(15)10-19-13-7-6-11(9-17)14(16)8-13/h2-8H,10H2,1H3. The molecule has 2 aromatic carbocycles. The van der Waals surface area contributed by atoms with Crippen molar-refractivity contribution in [3.63, 3.8) is 0 Å². The molecule has 96 valence electrons. The quantitative estimate of drug-likeness (QED) is 0.844. The summed E-state index contributed by atoms with van der Waals surface area (Å²) in [4.78, 5) is 0. The zero-order valence-electron chi connectivity index (χ0n) is 10.4. The first-order valence-corrected chi connectivity index (χ1v) is 5.69. The largest absolute Gasteiger partial charge is 0.496 e. The summed E-state index contributed by atoms with van der Waals surface area (Å²) in [6.45, 7) is 0.273. The maximum atomic E-state index is 13.4. The lowest BCUT2D eigenvalue weighted by Gasteiger charge is -2.10. The molecule has 0 aliphatic rings. The number of methoxy groups -OCH3 is 1. The van der Waals surface area contributed by atoms with Gasteiger partial charge in [-0.1, -0.05) is 18.2 Å². The van der Waals surface area contributed by atoms with E-state index in [0.29, 0.717) is 5.75 Å². The lowest BCUT2D eigenvalue weighted by Crippen LogP contribution is -1.99. The molecule has 0 fully saturated rings. The third-order valence-electron chi connectivity index (χ3n) is 2.65. The van der Waals surface area contributed by atoms with Crippen molar-refractivity contribution in [1.29, 1.82) is 5.26 Å². The lowest BCUT2D eigenvalue weighted by atomic mass is 10.2. The van der Waals surface area contributed by atoms with Gasteiger partial charge in [-0.15, -0.1) is 0 Å². The molecule has 0 saturated heterocycles. The van der Waals surface area contributed by atoms with Crippen LogP contribution in [0.25, 0.3) is 0 Å². The minimum absolute atomic E-state index is 0.00430. The Morgan fingerprint density at radius 3 is 2.68 bits per heavy atom. The van der Waals surface area contributed by atoms with Gasteiger partial charge in [0.25, 0.3) is 0 Å². The van der Waals surface area contributed by atoms with Crippen LogP contribution in [0.4, 0.5) is 4.39 Å². The van der Waals surface area contributed by atoms with Crippen LogP contribution in [-0.2, 0) is 6.61 Å². The number of hydrogen-bond donors (Lipinski definition) is 0. The van der Waals surface area contributed by atoms with E-state index in [1.165, 1.54) is 12.1 Å². The molecule has 0 heterocycles. The van der Waals surface area contributed by atoms with Crippen molar-refractivity contribution in [2.45, 2.75) is 6.61 Å². The van der Waals surface area contributed by atoms with Gasteiger partial charge in [0.05, 0.1) is 12.7 Å². The van der Waals surface area contributed by atoms with E-state index in [-0.39, 0.29) is 12.2 Å². The minimum Gasteiger partial charge on any atom is -0.496 e. The summed E-state index contributed by atoms with van der Waals surface area (Å²) >= 11 is 0. The summed E-state index contributed by atoms with van der Waals surface area (Å²) in [5, 5.41) is 8.64. The smallest absolute Gasteiger partial charge is 0.144 e. The van der Waals surface area contributed by atoms with Gasteiger partial charge in [0, 0.05) is 11.6 Å². The Balaban J connectivity index is 2.11. The molecule has 0 saturated carbocycles. The van der Waals surface area contributed by atoms with E-state index in [1.54, 1.807) is 19.2 Å². The summed E-state index contributed by atoms with van der Waals surface area (Å²) in [7, 11) is 1.58. The average Bonchev–Trinajstić information content (AvgIpc) is 2.45. The van der Waals surface area contributed by atoms with E-state index in [0.717, 1.165) is 11.3 Å². The van der Waals surface area contributed by atoms with Crippen LogP contribution < -0.4 is 9.47 Å². The molecule has 0 N–H and O–H groups in total. The Morgan fingerprint density at radius 2 is 2.00 bits per heavy atom. The monoisotopic (exact) mass is 257 g/mol. The fourth-order valence-corrected chi connectivity index (χ4v) is 1.66. The topological polar surface area (TPSA) is 42.2 Å². The normalized spacial score (nSPS) is 9.74. The zero-order valence-corrected chi connectivity index (χ0v) is 10.4. The first-order chi connectivity index (χ1) is 9.24. The lowest BCUT2D eigenvalue weighted by molar-refractivity contribution is 0.295. The van der Waals surface area contributed by atoms with Crippen LogP contribution in [-0.4, -0.2) is 7.11 Å². The number of rotatable bonds is 4. The van der Waals surface area contributed by atoms with Crippen LogP contribution in [0.1, 0.15) is 11.1 Å². The van der Waals surface area contributed by atoms with Crippen molar-refractivity contribution in [3.05, 3.63) is 59.4 Å². The van der Waals surface area contributed by atoms with E-state index in [1.807, 2.05) is 24.3 Å². The van der Waals surface area contributed by atoms with Crippen molar-refractivity contribution in [1.82, 2.24) is 0 Å². The molecule has 0 atom stereocenters. The third-order valence-corrected chi connectivity index (χ3v) is 2.65. The predicted molar refractivity (Wildman–Crippen MR) is 68.4 cm³/mol. The molecule has 2 rings (SSSR count). The van der Waals surface area contributed by atoms with Crippen LogP contribution in [0.5, 0.6) is 11.5 Å². The fraction of sp³-hybridized carbons (Fsp3) is 0.133. The number of halogens is 1. The molecule has 4 heteroatoms. The van der Waals surface area contributed by atoms with Gasteiger partial charge in [0.15, 0.2) is 0 Å². The summed E-state index contributed by atoms with van der Waals surface area (Å²) in [6.07, 6.45) is 0. The number of para-hydroxylation sites is 1. The maximum Gasteiger partial charge on any atom is 0.144 e. The second kappa shape index (κ2) is 5.87. The van der Waals surface area contributed by atoms with Crippen LogP contribution in [0.2, 0.25) is 0 Å². The summed E-state index contributed by atoms with van der Waals surface area (Å²) in [6, 6.07) is 13.4. The SMILES string of the molecule is COc1ccccc1COc1ccc(C#N)c(F)c1. The molecular weight excluding hydrogens is 245 g/mol. The Hall–Kier alpha value is -2.54. The van der Waals surface area contributed by atoms with Crippen LogP contribution in [0.15, 0.2) is 42.5 Å². The molecular formula is C15H12FNO2. The Labute approximate surface area is 110 Å². The van der Waals surface area contributed by atoms with Gasteiger partial charge >= 0.3 is 0 Å².